The van der Waals surface area contributed by atoms with Gasteiger partial charge in [-0.1, -0.05) is 23.2 Å². The molecule has 0 N–H and O–H groups in total. The maximum absolute atomic E-state index is 11.0. The molecule has 0 aliphatic rings. The first-order chi connectivity index (χ1) is 7.95. The van der Waals surface area contributed by atoms with E-state index in [2.05, 4.69) is 5.10 Å². The molecule has 0 saturated heterocycles. The van der Waals surface area contributed by atoms with Crippen molar-refractivity contribution in [2.45, 2.75) is 19.4 Å². The highest BCUT2D eigenvalue weighted by molar-refractivity contribution is 7.14. The van der Waals surface area contributed by atoms with Crippen LogP contribution in [-0.4, -0.2) is 16.1 Å². The minimum absolute atomic E-state index is 0.490. The van der Waals surface area contributed by atoms with Crippen LogP contribution in [0.25, 0.3) is 10.6 Å². The van der Waals surface area contributed by atoms with Crippen molar-refractivity contribution in [2.75, 3.05) is 0 Å². The summed E-state index contributed by atoms with van der Waals surface area (Å²) in [4.78, 5) is 11.8. The van der Waals surface area contributed by atoms with E-state index < -0.39 is 5.54 Å². The van der Waals surface area contributed by atoms with Crippen molar-refractivity contribution < 1.29 is 4.79 Å². The molecule has 0 unspecified atom stereocenters. The number of aromatic nitrogens is 2. The number of halogens is 2. The van der Waals surface area contributed by atoms with Crippen molar-refractivity contribution >= 4 is 40.8 Å². The van der Waals surface area contributed by atoms with Crippen molar-refractivity contribution in [3.8, 4) is 10.6 Å². The van der Waals surface area contributed by atoms with Gasteiger partial charge < -0.3 is 4.79 Å². The summed E-state index contributed by atoms with van der Waals surface area (Å²) in [5.74, 6) is 0. The fourth-order valence-electron chi connectivity index (χ4n) is 1.32. The van der Waals surface area contributed by atoms with Crippen LogP contribution in [0.3, 0.4) is 0 Å². The van der Waals surface area contributed by atoms with Crippen LogP contribution >= 0.6 is 34.5 Å². The summed E-state index contributed by atoms with van der Waals surface area (Å²) in [5.41, 5.74) is -0.104. The molecule has 0 amide bonds. The number of carbonyl (C=O) groups is 1. The van der Waals surface area contributed by atoms with Crippen molar-refractivity contribution in [1.82, 2.24) is 9.78 Å². The first-order valence-electron chi connectivity index (χ1n) is 4.91. The fourth-order valence-corrected chi connectivity index (χ4v) is 2.74. The molecular formula is C11H10Cl2N2OS. The Morgan fingerprint density at radius 2 is 2.12 bits per heavy atom. The Morgan fingerprint density at radius 3 is 2.65 bits per heavy atom. The number of carbonyl (C=O) groups excluding carboxylic acids is 1. The number of rotatable bonds is 3. The first kappa shape index (κ1) is 12.6. The average Bonchev–Trinajstić information content (AvgIpc) is 2.85. The molecule has 2 heterocycles. The quantitative estimate of drug-likeness (QED) is 0.804. The van der Waals surface area contributed by atoms with E-state index in [0.717, 1.165) is 11.2 Å². The van der Waals surface area contributed by atoms with Gasteiger partial charge in [0.25, 0.3) is 0 Å². The lowest BCUT2D eigenvalue weighted by atomic mass is 10.1. The highest BCUT2D eigenvalue weighted by atomic mass is 35.5. The molecule has 90 valence electrons. The maximum Gasteiger partial charge on any atom is 0.147 e. The highest BCUT2D eigenvalue weighted by Gasteiger charge is 2.23. The second-order valence-electron chi connectivity index (χ2n) is 4.14. The van der Waals surface area contributed by atoms with Crippen molar-refractivity contribution in [3.63, 3.8) is 0 Å². The van der Waals surface area contributed by atoms with E-state index in [-0.39, 0.29) is 0 Å². The Hall–Kier alpha value is -0.840. The van der Waals surface area contributed by atoms with Gasteiger partial charge in [-0.15, -0.1) is 11.3 Å². The molecule has 0 atom stereocenters. The number of thiophene rings is 1. The van der Waals surface area contributed by atoms with Crippen LogP contribution in [0.5, 0.6) is 0 Å². The standard InChI is InChI=1S/C11H10Cl2N2OS/c1-11(2,6-16)15-5-8(13)9(14-15)10-7(12)3-4-17-10/h3-6H,1-2H3. The van der Waals surface area contributed by atoms with Crippen LogP contribution in [0, 0.1) is 0 Å². The Morgan fingerprint density at radius 1 is 1.41 bits per heavy atom. The lowest BCUT2D eigenvalue weighted by Gasteiger charge is -2.16. The predicted molar refractivity (Wildman–Crippen MR) is 70.9 cm³/mol. The lowest BCUT2D eigenvalue weighted by molar-refractivity contribution is -0.114. The zero-order valence-electron chi connectivity index (χ0n) is 9.28. The van der Waals surface area contributed by atoms with E-state index >= 15 is 0 Å². The van der Waals surface area contributed by atoms with Gasteiger partial charge in [0.1, 0.15) is 17.5 Å². The average molecular weight is 289 g/mol. The van der Waals surface area contributed by atoms with Gasteiger partial charge in [-0.05, 0) is 25.3 Å². The van der Waals surface area contributed by atoms with E-state index in [1.54, 1.807) is 30.8 Å². The van der Waals surface area contributed by atoms with Gasteiger partial charge in [-0.2, -0.15) is 5.10 Å². The zero-order valence-corrected chi connectivity index (χ0v) is 11.6. The molecular weight excluding hydrogens is 279 g/mol. The molecule has 2 aromatic heterocycles. The first-order valence-corrected chi connectivity index (χ1v) is 6.54. The van der Waals surface area contributed by atoms with Gasteiger partial charge in [0.15, 0.2) is 0 Å². The van der Waals surface area contributed by atoms with Gasteiger partial charge in [0.2, 0.25) is 0 Å². The summed E-state index contributed by atoms with van der Waals surface area (Å²) in [6, 6.07) is 1.79. The zero-order chi connectivity index (χ0) is 12.6. The largest absolute Gasteiger partial charge is 0.301 e. The number of nitrogens with zero attached hydrogens (tertiary/aromatic N) is 2. The van der Waals surface area contributed by atoms with Crippen molar-refractivity contribution in [3.05, 3.63) is 27.7 Å². The van der Waals surface area contributed by atoms with Crippen LogP contribution in [0.1, 0.15) is 13.8 Å². The van der Waals surface area contributed by atoms with Crippen LogP contribution in [-0.2, 0) is 10.3 Å². The molecule has 0 aromatic carbocycles. The molecule has 2 aromatic rings. The number of aldehydes is 1. The molecule has 0 spiro atoms. The minimum Gasteiger partial charge on any atom is -0.301 e. The predicted octanol–water partition coefficient (Wildman–Crippen LogP) is 3.85. The van der Waals surface area contributed by atoms with Crippen molar-refractivity contribution in [2.24, 2.45) is 0 Å². The van der Waals surface area contributed by atoms with Crippen LogP contribution in [0.2, 0.25) is 10.0 Å². The van der Waals surface area contributed by atoms with Gasteiger partial charge in [0.05, 0.1) is 14.9 Å². The molecule has 0 aliphatic carbocycles. The molecule has 0 bridgehead atoms. The third kappa shape index (κ3) is 2.25. The molecule has 0 radical (unpaired) electrons. The van der Waals surface area contributed by atoms with E-state index in [1.165, 1.54) is 11.3 Å². The van der Waals surface area contributed by atoms with Crippen LogP contribution in [0.15, 0.2) is 17.6 Å². The summed E-state index contributed by atoms with van der Waals surface area (Å²) >= 11 is 13.6. The Labute approximate surface area is 113 Å². The fraction of sp³-hybridized carbons (Fsp3) is 0.273. The third-order valence-electron chi connectivity index (χ3n) is 2.38. The summed E-state index contributed by atoms with van der Waals surface area (Å²) in [5, 5.41) is 7.31. The van der Waals surface area contributed by atoms with E-state index in [9.17, 15) is 4.79 Å². The molecule has 3 nitrogen and oxygen atoms in total. The summed E-state index contributed by atoms with van der Waals surface area (Å²) in [6.45, 7) is 3.53. The second-order valence-corrected chi connectivity index (χ2v) is 5.87. The highest BCUT2D eigenvalue weighted by Crippen LogP contribution is 2.36. The molecule has 17 heavy (non-hydrogen) atoms. The second kappa shape index (κ2) is 4.44. The van der Waals surface area contributed by atoms with Crippen LogP contribution < -0.4 is 0 Å². The Bertz CT molecular complexity index is 560. The summed E-state index contributed by atoms with van der Waals surface area (Å²) < 4.78 is 1.55. The minimum atomic E-state index is -0.717. The molecule has 2 rings (SSSR count). The maximum atomic E-state index is 11.0. The smallest absolute Gasteiger partial charge is 0.147 e. The van der Waals surface area contributed by atoms with E-state index in [1.807, 2.05) is 5.38 Å². The van der Waals surface area contributed by atoms with E-state index in [4.69, 9.17) is 23.2 Å². The summed E-state index contributed by atoms with van der Waals surface area (Å²) in [7, 11) is 0. The number of hydrogen-bond donors (Lipinski definition) is 0. The monoisotopic (exact) mass is 288 g/mol. The molecule has 0 saturated carbocycles. The third-order valence-corrected chi connectivity index (χ3v) is 4.01. The molecule has 6 heteroatoms. The Kier molecular flexibility index (Phi) is 3.30. The Balaban J connectivity index is 2.52. The number of hydrogen-bond acceptors (Lipinski definition) is 3. The van der Waals surface area contributed by atoms with Gasteiger partial charge in [0, 0.05) is 6.20 Å². The van der Waals surface area contributed by atoms with Gasteiger partial charge in [-0.3, -0.25) is 4.68 Å². The lowest BCUT2D eigenvalue weighted by Crippen LogP contribution is -2.28. The SMILES string of the molecule is CC(C)(C=O)n1cc(Cl)c(-c2sccc2Cl)n1. The van der Waals surface area contributed by atoms with Gasteiger partial charge >= 0.3 is 0 Å². The van der Waals surface area contributed by atoms with Gasteiger partial charge in [-0.25, -0.2) is 0 Å². The molecule has 0 fully saturated rings. The normalized spacial score (nSPS) is 11.8. The van der Waals surface area contributed by atoms with E-state index in [0.29, 0.717) is 15.7 Å². The molecule has 0 aliphatic heterocycles. The van der Waals surface area contributed by atoms with Crippen LogP contribution in [0.4, 0.5) is 0 Å². The summed E-state index contributed by atoms with van der Waals surface area (Å²) in [6.07, 6.45) is 2.47. The van der Waals surface area contributed by atoms with Crippen molar-refractivity contribution in [1.29, 1.82) is 0 Å². The topological polar surface area (TPSA) is 34.9 Å².